The smallest absolute Gasteiger partial charge is 0.325 e. The van der Waals surface area contributed by atoms with Gasteiger partial charge >= 0.3 is 5.00 Å². The van der Waals surface area contributed by atoms with E-state index in [2.05, 4.69) is 0 Å². The molecule has 20 heavy (non-hydrogen) atoms. The van der Waals surface area contributed by atoms with Gasteiger partial charge in [-0.25, -0.2) is 0 Å². The zero-order chi connectivity index (χ0) is 14.3. The fourth-order valence-electron chi connectivity index (χ4n) is 2.25. The Balaban J connectivity index is 1.98. The number of hydrogen-bond acceptors (Lipinski definition) is 7. The number of ketones is 2. The molecule has 1 aliphatic carbocycles. The highest BCUT2D eigenvalue weighted by atomic mass is 32.1. The first-order valence-corrected chi connectivity index (χ1v) is 6.81. The molecule has 1 aromatic rings. The third-order valence-electron chi connectivity index (χ3n) is 3.22. The van der Waals surface area contributed by atoms with E-state index < -0.39 is 4.92 Å². The van der Waals surface area contributed by atoms with E-state index in [9.17, 15) is 19.7 Å². The topological polar surface area (TPSA) is 89.8 Å². The molecule has 0 amide bonds. The van der Waals surface area contributed by atoms with Crippen LogP contribution in [0, 0.1) is 10.1 Å². The molecular weight excluding hydrogens is 284 g/mol. The number of morpholine rings is 1. The number of rotatable bonds is 2. The fraction of sp³-hybridized carbons (Fsp3) is 0.333. The summed E-state index contributed by atoms with van der Waals surface area (Å²) >= 11 is 0.747. The highest BCUT2D eigenvalue weighted by Gasteiger charge is 2.33. The number of nitrogens with zero attached hydrogens (tertiary/aromatic N) is 2. The van der Waals surface area contributed by atoms with Crippen molar-refractivity contribution in [3.63, 3.8) is 0 Å². The second-order valence-corrected chi connectivity index (χ2v) is 5.44. The second kappa shape index (κ2) is 4.80. The number of hydrogen-bond donors (Lipinski definition) is 0. The SMILES string of the molecule is O=C1C(N2CCOCC2)=CC(=O)c2sc([N+](=O)[O-])cc21. The molecule has 2 heterocycles. The van der Waals surface area contributed by atoms with E-state index in [-0.39, 0.29) is 27.0 Å². The largest absolute Gasteiger partial charge is 0.378 e. The monoisotopic (exact) mass is 294 g/mol. The normalized spacial score (nSPS) is 18.8. The molecule has 0 N–H and O–H groups in total. The third-order valence-corrected chi connectivity index (χ3v) is 4.32. The molecule has 0 bridgehead atoms. The Labute approximate surface area is 117 Å². The molecular formula is C12H10N2O5S. The van der Waals surface area contributed by atoms with E-state index in [0.29, 0.717) is 32.0 Å². The van der Waals surface area contributed by atoms with Crippen molar-refractivity contribution < 1.29 is 19.2 Å². The van der Waals surface area contributed by atoms with Crippen LogP contribution in [0.15, 0.2) is 17.8 Å². The predicted molar refractivity (Wildman–Crippen MR) is 70.1 cm³/mol. The number of fused-ring (bicyclic) bond motifs is 1. The van der Waals surface area contributed by atoms with Crippen LogP contribution in [0.4, 0.5) is 5.00 Å². The summed E-state index contributed by atoms with van der Waals surface area (Å²) in [5.74, 6) is -0.676. The molecule has 0 spiro atoms. The maximum absolute atomic E-state index is 12.4. The van der Waals surface area contributed by atoms with Gasteiger partial charge in [0.05, 0.1) is 34.3 Å². The number of Topliss-reactive ketones (excluding diaryl/α,β-unsaturated/α-hetero) is 1. The minimum absolute atomic E-state index is 0.135. The van der Waals surface area contributed by atoms with E-state index >= 15 is 0 Å². The molecule has 1 saturated heterocycles. The first-order valence-electron chi connectivity index (χ1n) is 5.99. The molecule has 0 aromatic carbocycles. The van der Waals surface area contributed by atoms with Crippen LogP contribution in [0.25, 0.3) is 0 Å². The molecule has 0 saturated carbocycles. The van der Waals surface area contributed by atoms with Gasteiger partial charge in [0, 0.05) is 25.2 Å². The molecule has 2 aliphatic rings. The molecule has 0 atom stereocenters. The quantitative estimate of drug-likeness (QED) is 0.602. The van der Waals surface area contributed by atoms with Gasteiger partial charge < -0.3 is 9.64 Å². The van der Waals surface area contributed by atoms with Gasteiger partial charge in [-0.05, 0) is 0 Å². The van der Waals surface area contributed by atoms with Crippen LogP contribution in [-0.2, 0) is 4.74 Å². The van der Waals surface area contributed by atoms with E-state index in [1.807, 2.05) is 0 Å². The van der Waals surface area contributed by atoms with Crippen molar-refractivity contribution in [2.75, 3.05) is 26.3 Å². The molecule has 7 nitrogen and oxygen atoms in total. The number of carbonyl (C=O) groups is 2. The molecule has 8 heteroatoms. The summed E-state index contributed by atoms with van der Waals surface area (Å²) in [6.07, 6.45) is 1.27. The van der Waals surface area contributed by atoms with Crippen LogP contribution in [0.1, 0.15) is 20.0 Å². The van der Waals surface area contributed by atoms with E-state index in [1.54, 1.807) is 4.90 Å². The first-order chi connectivity index (χ1) is 9.58. The van der Waals surface area contributed by atoms with Crippen LogP contribution in [0.5, 0.6) is 0 Å². The van der Waals surface area contributed by atoms with Gasteiger partial charge in [0.2, 0.25) is 5.78 Å². The number of allylic oxidation sites excluding steroid dienone is 2. The average Bonchev–Trinajstić information content (AvgIpc) is 2.90. The zero-order valence-corrected chi connectivity index (χ0v) is 11.1. The van der Waals surface area contributed by atoms with Gasteiger partial charge in [-0.3, -0.25) is 19.7 Å². The summed E-state index contributed by atoms with van der Waals surface area (Å²) in [6.45, 7) is 2.06. The molecule has 0 radical (unpaired) electrons. The summed E-state index contributed by atoms with van der Waals surface area (Å²) in [5.41, 5.74) is 0.439. The van der Waals surface area contributed by atoms with Crippen molar-refractivity contribution in [3.05, 3.63) is 38.4 Å². The van der Waals surface area contributed by atoms with Crippen LogP contribution >= 0.6 is 11.3 Å². The Hall–Kier alpha value is -2.06. The van der Waals surface area contributed by atoms with Crippen LogP contribution in [-0.4, -0.2) is 47.7 Å². The second-order valence-electron chi connectivity index (χ2n) is 4.41. The van der Waals surface area contributed by atoms with Gasteiger partial charge in [-0.2, -0.15) is 0 Å². The number of nitro groups is 1. The van der Waals surface area contributed by atoms with Crippen LogP contribution in [0.2, 0.25) is 0 Å². The van der Waals surface area contributed by atoms with Gasteiger partial charge in [-0.15, -0.1) is 0 Å². The number of carbonyl (C=O) groups excluding carboxylic acids is 2. The van der Waals surface area contributed by atoms with E-state index in [0.717, 1.165) is 11.3 Å². The average molecular weight is 294 g/mol. The van der Waals surface area contributed by atoms with Crippen LogP contribution in [0.3, 0.4) is 0 Å². The van der Waals surface area contributed by atoms with Gasteiger partial charge in [0.15, 0.2) is 5.78 Å². The van der Waals surface area contributed by atoms with Crippen molar-refractivity contribution >= 4 is 27.9 Å². The Morgan fingerprint density at radius 1 is 1.30 bits per heavy atom. The Bertz CT molecular complexity index is 642. The summed E-state index contributed by atoms with van der Waals surface area (Å²) in [7, 11) is 0. The lowest BCUT2D eigenvalue weighted by Gasteiger charge is -2.31. The number of ether oxygens (including phenoxy) is 1. The van der Waals surface area contributed by atoms with Crippen molar-refractivity contribution in [1.82, 2.24) is 4.90 Å². The highest BCUT2D eigenvalue weighted by molar-refractivity contribution is 7.17. The molecule has 104 valence electrons. The van der Waals surface area contributed by atoms with Crippen molar-refractivity contribution in [3.8, 4) is 0 Å². The number of thiophene rings is 1. The summed E-state index contributed by atoms with van der Waals surface area (Å²) < 4.78 is 5.21. The van der Waals surface area contributed by atoms with Crippen molar-refractivity contribution in [1.29, 1.82) is 0 Å². The molecule has 1 aliphatic heterocycles. The molecule has 1 aromatic heterocycles. The zero-order valence-electron chi connectivity index (χ0n) is 10.3. The lowest BCUT2D eigenvalue weighted by atomic mass is 9.99. The summed E-state index contributed by atoms with van der Waals surface area (Å²) in [4.78, 5) is 36.5. The minimum atomic E-state index is -0.585. The fourth-order valence-corrected chi connectivity index (χ4v) is 3.13. The maximum Gasteiger partial charge on any atom is 0.325 e. The van der Waals surface area contributed by atoms with Gasteiger partial charge in [0.1, 0.15) is 0 Å². The molecule has 1 fully saturated rings. The summed E-state index contributed by atoms with van der Waals surface area (Å²) in [5, 5.41) is 10.6. The van der Waals surface area contributed by atoms with Gasteiger partial charge in [-0.1, -0.05) is 11.3 Å². The van der Waals surface area contributed by atoms with E-state index in [1.165, 1.54) is 12.1 Å². The van der Waals surface area contributed by atoms with Gasteiger partial charge in [0.25, 0.3) is 0 Å². The van der Waals surface area contributed by atoms with E-state index in [4.69, 9.17) is 4.74 Å². The van der Waals surface area contributed by atoms with Crippen LogP contribution < -0.4 is 0 Å². The van der Waals surface area contributed by atoms with Crippen molar-refractivity contribution in [2.24, 2.45) is 0 Å². The maximum atomic E-state index is 12.4. The van der Waals surface area contributed by atoms with Crippen molar-refractivity contribution in [2.45, 2.75) is 0 Å². The minimum Gasteiger partial charge on any atom is -0.378 e. The Kier molecular flexibility index (Phi) is 3.11. The first kappa shape index (κ1) is 12.9. The predicted octanol–water partition coefficient (Wildman–Crippen LogP) is 1.25. The lowest BCUT2D eigenvalue weighted by molar-refractivity contribution is -0.380. The third kappa shape index (κ3) is 2.02. The standard InChI is InChI=1S/C12H10N2O5S/c15-9-6-8(13-1-3-19-4-2-13)11(16)7-5-10(14(17)18)20-12(7)9/h5-6H,1-4H2. The molecule has 3 rings (SSSR count). The molecule has 0 unspecified atom stereocenters. The Morgan fingerprint density at radius 3 is 2.65 bits per heavy atom. The lowest BCUT2D eigenvalue weighted by Crippen LogP contribution is -2.39. The Morgan fingerprint density at radius 2 is 2.00 bits per heavy atom. The summed E-state index contributed by atoms with van der Waals surface area (Å²) in [6, 6.07) is 1.19. The highest BCUT2D eigenvalue weighted by Crippen LogP contribution is 2.34.